The zero-order valence-electron chi connectivity index (χ0n) is 12.1. The van der Waals surface area contributed by atoms with E-state index in [2.05, 4.69) is 10.3 Å². The molecule has 1 heterocycles. The van der Waals surface area contributed by atoms with Crippen molar-refractivity contribution in [3.8, 4) is 0 Å². The summed E-state index contributed by atoms with van der Waals surface area (Å²) in [6, 6.07) is 7.06. The molecule has 0 spiro atoms. The third-order valence-corrected chi connectivity index (χ3v) is 4.91. The Morgan fingerprint density at radius 1 is 1.24 bits per heavy atom. The van der Waals surface area contributed by atoms with Crippen molar-refractivity contribution < 1.29 is 8.78 Å². The lowest BCUT2D eigenvalue weighted by Gasteiger charge is -2.17. The van der Waals surface area contributed by atoms with Crippen LogP contribution >= 0.6 is 11.3 Å². The molecule has 1 aliphatic carbocycles. The predicted octanol–water partition coefficient (Wildman–Crippen LogP) is 4.54. The highest BCUT2D eigenvalue weighted by molar-refractivity contribution is 7.11. The smallest absolute Gasteiger partial charge is 0.263 e. The highest BCUT2D eigenvalue weighted by Crippen LogP contribution is 2.33. The van der Waals surface area contributed by atoms with Crippen molar-refractivity contribution in [3.63, 3.8) is 0 Å². The largest absolute Gasteiger partial charge is 0.301 e. The first kappa shape index (κ1) is 14.6. The zero-order chi connectivity index (χ0) is 15.0. The van der Waals surface area contributed by atoms with Crippen LogP contribution in [-0.4, -0.2) is 11.0 Å². The second-order valence-electron chi connectivity index (χ2n) is 5.54. The maximum absolute atomic E-state index is 12.9. The van der Waals surface area contributed by atoms with Crippen LogP contribution in [0.2, 0.25) is 0 Å². The van der Waals surface area contributed by atoms with Crippen molar-refractivity contribution in [3.05, 3.63) is 51.0 Å². The summed E-state index contributed by atoms with van der Waals surface area (Å²) in [5.41, 5.74) is 1.95. The van der Waals surface area contributed by atoms with Crippen molar-refractivity contribution in [1.29, 1.82) is 0 Å². The van der Waals surface area contributed by atoms with Crippen molar-refractivity contribution in [2.75, 3.05) is 0 Å². The summed E-state index contributed by atoms with van der Waals surface area (Å²) < 4.78 is 25.8. The minimum atomic E-state index is -2.44. The standard InChI is InChI=1S/C16H18F2N2S/c1-9-10(2)21-16(19-9)14(20-13-6-7-13)11-4-3-5-12(8-11)15(17)18/h3-5,8,13-15,20H,6-7H2,1-2H3. The average molecular weight is 308 g/mol. The van der Waals surface area contributed by atoms with E-state index in [1.54, 1.807) is 23.5 Å². The molecule has 112 valence electrons. The molecule has 3 rings (SSSR count). The molecule has 0 saturated heterocycles. The quantitative estimate of drug-likeness (QED) is 0.877. The number of rotatable bonds is 5. The summed E-state index contributed by atoms with van der Waals surface area (Å²) in [4.78, 5) is 5.79. The second-order valence-corrected chi connectivity index (χ2v) is 6.77. The molecule has 21 heavy (non-hydrogen) atoms. The second kappa shape index (κ2) is 5.81. The van der Waals surface area contributed by atoms with Gasteiger partial charge in [-0.15, -0.1) is 11.3 Å². The normalized spacial score (nSPS) is 16.4. The Kier molecular flexibility index (Phi) is 4.04. The van der Waals surface area contributed by atoms with E-state index in [1.807, 2.05) is 19.9 Å². The summed E-state index contributed by atoms with van der Waals surface area (Å²) in [6.07, 6.45) is -0.144. The van der Waals surface area contributed by atoms with E-state index in [0.29, 0.717) is 6.04 Å². The lowest BCUT2D eigenvalue weighted by Crippen LogP contribution is -2.24. The molecule has 1 saturated carbocycles. The summed E-state index contributed by atoms with van der Waals surface area (Å²) >= 11 is 1.64. The molecule has 0 aliphatic heterocycles. The van der Waals surface area contributed by atoms with Gasteiger partial charge < -0.3 is 5.32 Å². The monoisotopic (exact) mass is 308 g/mol. The van der Waals surface area contributed by atoms with Crippen LogP contribution in [0.5, 0.6) is 0 Å². The van der Waals surface area contributed by atoms with Crippen molar-refractivity contribution in [2.24, 2.45) is 0 Å². The Hall–Kier alpha value is -1.33. The predicted molar refractivity (Wildman–Crippen MR) is 81.0 cm³/mol. The molecular formula is C16H18F2N2S. The van der Waals surface area contributed by atoms with Crippen LogP contribution in [0.3, 0.4) is 0 Å². The van der Waals surface area contributed by atoms with Gasteiger partial charge in [-0.1, -0.05) is 18.2 Å². The Morgan fingerprint density at radius 2 is 1.95 bits per heavy atom. The van der Waals surface area contributed by atoms with Crippen molar-refractivity contribution in [2.45, 2.75) is 45.2 Å². The molecule has 0 radical (unpaired) electrons. The number of aromatic nitrogens is 1. The van der Waals surface area contributed by atoms with E-state index < -0.39 is 6.43 Å². The molecule has 1 fully saturated rings. The van der Waals surface area contributed by atoms with E-state index in [-0.39, 0.29) is 11.6 Å². The number of alkyl halides is 2. The maximum atomic E-state index is 12.9. The number of halogens is 2. The molecule has 1 aromatic carbocycles. The molecule has 0 amide bonds. The summed E-state index contributed by atoms with van der Waals surface area (Å²) in [5.74, 6) is 0. The van der Waals surface area contributed by atoms with Crippen molar-refractivity contribution in [1.82, 2.24) is 10.3 Å². The fourth-order valence-electron chi connectivity index (χ4n) is 2.29. The highest BCUT2D eigenvalue weighted by Gasteiger charge is 2.28. The SMILES string of the molecule is Cc1nc(C(NC2CC2)c2cccc(C(F)F)c2)sc1C. The van der Waals surface area contributed by atoms with Gasteiger partial charge in [-0.05, 0) is 38.3 Å². The number of benzene rings is 1. The van der Waals surface area contributed by atoms with Crippen LogP contribution in [0, 0.1) is 13.8 Å². The molecule has 1 N–H and O–H groups in total. The minimum Gasteiger partial charge on any atom is -0.301 e. The number of hydrogen-bond acceptors (Lipinski definition) is 3. The van der Waals surface area contributed by atoms with Gasteiger partial charge in [0.15, 0.2) is 0 Å². The van der Waals surface area contributed by atoms with E-state index in [9.17, 15) is 8.78 Å². The fraction of sp³-hybridized carbons (Fsp3) is 0.438. The minimum absolute atomic E-state index is 0.0695. The third kappa shape index (κ3) is 3.30. The van der Waals surface area contributed by atoms with Crippen LogP contribution in [0.15, 0.2) is 24.3 Å². The first-order valence-electron chi connectivity index (χ1n) is 7.12. The van der Waals surface area contributed by atoms with Gasteiger partial charge in [-0.3, -0.25) is 0 Å². The first-order chi connectivity index (χ1) is 10.0. The van der Waals surface area contributed by atoms with E-state index in [0.717, 1.165) is 29.1 Å². The summed E-state index contributed by atoms with van der Waals surface area (Å²) in [6.45, 7) is 4.03. The van der Waals surface area contributed by atoms with Crippen molar-refractivity contribution >= 4 is 11.3 Å². The fourth-order valence-corrected chi connectivity index (χ4v) is 3.30. The molecule has 1 atom stereocenters. The molecule has 1 aromatic heterocycles. The van der Waals surface area contributed by atoms with Crippen LogP contribution < -0.4 is 5.32 Å². The number of nitrogens with one attached hydrogen (secondary N) is 1. The zero-order valence-corrected chi connectivity index (χ0v) is 12.9. The van der Waals surface area contributed by atoms with Gasteiger partial charge in [-0.2, -0.15) is 0 Å². The van der Waals surface area contributed by atoms with Crippen LogP contribution in [0.1, 0.15) is 52.0 Å². The molecular weight excluding hydrogens is 290 g/mol. The van der Waals surface area contributed by atoms with Crippen LogP contribution in [0.25, 0.3) is 0 Å². The third-order valence-electron chi connectivity index (χ3n) is 3.77. The van der Waals surface area contributed by atoms with Crippen LogP contribution in [-0.2, 0) is 0 Å². The molecule has 2 nitrogen and oxygen atoms in total. The molecule has 5 heteroatoms. The van der Waals surface area contributed by atoms with Gasteiger partial charge in [0.2, 0.25) is 0 Å². The molecule has 1 aliphatic rings. The lowest BCUT2D eigenvalue weighted by atomic mass is 10.0. The lowest BCUT2D eigenvalue weighted by molar-refractivity contribution is 0.151. The summed E-state index contributed by atoms with van der Waals surface area (Å²) in [5, 5.41) is 4.49. The van der Waals surface area contributed by atoms with Crippen LogP contribution in [0.4, 0.5) is 8.78 Å². The number of hydrogen-bond donors (Lipinski definition) is 1. The van der Waals surface area contributed by atoms with Gasteiger partial charge in [0.05, 0.1) is 11.7 Å². The number of nitrogens with zero attached hydrogens (tertiary/aromatic N) is 1. The maximum Gasteiger partial charge on any atom is 0.263 e. The Balaban J connectivity index is 1.96. The molecule has 1 unspecified atom stereocenters. The Labute approximate surface area is 127 Å². The first-order valence-corrected chi connectivity index (χ1v) is 7.94. The highest BCUT2D eigenvalue weighted by atomic mass is 32.1. The molecule has 2 aromatic rings. The van der Waals surface area contributed by atoms with Gasteiger partial charge in [0.1, 0.15) is 5.01 Å². The Morgan fingerprint density at radius 3 is 2.52 bits per heavy atom. The van der Waals surface area contributed by atoms with E-state index >= 15 is 0 Å². The van der Waals surface area contributed by atoms with Gasteiger partial charge in [-0.25, -0.2) is 13.8 Å². The number of thiazole rings is 1. The van der Waals surface area contributed by atoms with E-state index in [4.69, 9.17) is 0 Å². The topological polar surface area (TPSA) is 24.9 Å². The summed E-state index contributed by atoms with van der Waals surface area (Å²) in [7, 11) is 0. The average Bonchev–Trinajstić information content (AvgIpc) is 3.22. The van der Waals surface area contributed by atoms with Gasteiger partial charge >= 0.3 is 0 Å². The Bertz CT molecular complexity index is 615. The van der Waals surface area contributed by atoms with Gasteiger partial charge in [0, 0.05) is 16.5 Å². The van der Waals surface area contributed by atoms with E-state index in [1.165, 1.54) is 10.9 Å². The van der Waals surface area contributed by atoms with Gasteiger partial charge in [0.25, 0.3) is 6.43 Å². The molecule has 0 bridgehead atoms. The number of aryl methyl sites for hydroxylation is 2.